The molecule has 1 aromatic heterocycles. The Bertz CT molecular complexity index is 700. The summed E-state index contributed by atoms with van der Waals surface area (Å²) in [6, 6.07) is 3.84. The van der Waals surface area contributed by atoms with E-state index >= 15 is 0 Å². The molecule has 2 aromatic rings. The molecule has 1 N–H and O–H groups in total. The van der Waals surface area contributed by atoms with Gasteiger partial charge in [0.05, 0.1) is 13.2 Å². The quantitative estimate of drug-likeness (QED) is 0.841. The molecule has 0 aliphatic carbocycles. The highest BCUT2D eigenvalue weighted by Gasteiger charge is 2.16. The summed E-state index contributed by atoms with van der Waals surface area (Å²) in [7, 11) is 1.51. The first-order valence-corrected chi connectivity index (χ1v) is 7.86. The van der Waals surface area contributed by atoms with Crippen LogP contribution in [0.1, 0.15) is 56.4 Å². The van der Waals surface area contributed by atoms with Crippen molar-refractivity contribution >= 4 is 5.91 Å². The van der Waals surface area contributed by atoms with Crippen molar-refractivity contribution < 1.29 is 18.4 Å². The molecule has 2 rings (SSSR count). The largest absolute Gasteiger partial charge is 0.496 e. The number of benzene rings is 1. The van der Waals surface area contributed by atoms with E-state index in [9.17, 15) is 9.18 Å². The van der Waals surface area contributed by atoms with Crippen LogP contribution in [-0.2, 0) is 11.2 Å². The van der Waals surface area contributed by atoms with Crippen molar-refractivity contribution in [3.8, 4) is 5.75 Å². The highest BCUT2D eigenvalue weighted by molar-refractivity contribution is 5.76. The van der Waals surface area contributed by atoms with Crippen LogP contribution in [0.15, 0.2) is 22.7 Å². The monoisotopic (exact) mass is 335 g/mol. The predicted octanol–water partition coefficient (Wildman–Crippen LogP) is 3.15. The summed E-state index contributed by atoms with van der Waals surface area (Å²) >= 11 is 0. The predicted molar refractivity (Wildman–Crippen MR) is 86.2 cm³/mol. The molecule has 0 bridgehead atoms. The van der Waals surface area contributed by atoms with Gasteiger partial charge in [0.25, 0.3) is 0 Å². The van der Waals surface area contributed by atoms with Crippen molar-refractivity contribution in [2.75, 3.05) is 7.11 Å². The Kier molecular flexibility index (Phi) is 5.89. The second-order valence-electron chi connectivity index (χ2n) is 5.88. The molecule has 0 aliphatic rings. The number of hydrogen-bond donors (Lipinski definition) is 1. The molecule has 0 radical (unpaired) electrons. The van der Waals surface area contributed by atoms with Crippen molar-refractivity contribution in [3.05, 3.63) is 41.3 Å². The molecule has 6 nitrogen and oxygen atoms in total. The molecule has 1 atom stereocenters. The SMILES string of the molecule is COc1ccc(F)cc1[C@@H](C)NC(=O)CCc1nc(C(C)C)no1. The van der Waals surface area contributed by atoms with Crippen LogP contribution in [0, 0.1) is 5.82 Å². The summed E-state index contributed by atoms with van der Waals surface area (Å²) in [6.07, 6.45) is 0.570. The lowest BCUT2D eigenvalue weighted by atomic mass is 10.1. The number of carbonyl (C=O) groups is 1. The zero-order valence-corrected chi connectivity index (χ0v) is 14.3. The van der Waals surface area contributed by atoms with Crippen molar-refractivity contribution in [3.63, 3.8) is 0 Å². The molecule has 0 saturated heterocycles. The maximum absolute atomic E-state index is 13.4. The van der Waals surface area contributed by atoms with Crippen LogP contribution in [-0.4, -0.2) is 23.2 Å². The van der Waals surface area contributed by atoms with Crippen LogP contribution in [0.2, 0.25) is 0 Å². The van der Waals surface area contributed by atoms with Crippen LogP contribution < -0.4 is 10.1 Å². The van der Waals surface area contributed by atoms with Crippen LogP contribution in [0.5, 0.6) is 5.75 Å². The van der Waals surface area contributed by atoms with E-state index in [0.717, 1.165) is 0 Å². The standard InChI is InChI=1S/C17H22FN3O3/c1-10(2)17-20-16(24-21-17)8-7-15(22)19-11(3)13-9-12(18)5-6-14(13)23-4/h5-6,9-11H,7-8H2,1-4H3,(H,19,22)/t11-/m1/s1. The molecule has 0 fully saturated rings. The van der Waals surface area contributed by atoms with Gasteiger partial charge in [-0.05, 0) is 25.1 Å². The third-order valence-corrected chi connectivity index (χ3v) is 3.60. The fraction of sp³-hybridized carbons (Fsp3) is 0.471. The summed E-state index contributed by atoms with van der Waals surface area (Å²) in [5.74, 6) is 1.21. The van der Waals surface area contributed by atoms with Gasteiger partial charge >= 0.3 is 0 Å². The van der Waals surface area contributed by atoms with Crippen molar-refractivity contribution in [1.82, 2.24) is 15.5 Å². The van der Waals surface area contributed by atoms with E-state index in [0.29, 0.717) is 29.4 Å². The van der Waals surface area contributed by atoms with Gasteiger partial charge in [-0.3, -0.25) is 4.79 Å². The molecule has 24 heavy (non-hydrogen) atoms. The number of amides is 1. The first-order chi connectivity index (χ1) is 11.4. The molecular formula is C17H22FN3O3. The summed E-state index contributed by atoms with van der Waals surface area (Å²) in [4.78, 5) is 16.3. The Morgan fingerprint density at radius 3 is 2.75 bits per heavy atom. The normalized spacial score (nSPS) is 12.2. The van der Waals surface area contributed by atoms with Gasteiger partial charge < -0.3 is 14.6 Å². The minimum Gasteiger partial charge on any atom is -0.496 e. The lowest BCUT2D eigenvalue weighted by Gasteiger charge is -2.17. The Morgan fingerprint density at radius 1 is 1.38 bits per heavy atom. The second-order valence-corrected chi connectivity index (χ2v) is 5.88. The Hall–Kier alpha value is -2.44. The average molecular weight is 335 g/mol. The van der Waals surface area contributed by atoms with Gasteiger partial charge in [0, 0.05) is 24.3 Å². The lowest BCUT2D eigenvalue weighted by Crippen LogP contribution is -2.27. The van der Waals surface area contributed by atoms with Crippen molar-refractivity contribution in [2.45, 2.75) is 45.6 Å². The minimum absolute atomic E-state index is 0.178. The number of aryl methyl sites for hydroxylation is 1. The van der Waals surface area contributed by atoms with Gasteiger partial charge in [-0.2, -0.15) is 4.98 Å². The Balaban J connectivity index is 1.93. The minimum atomic E-state index is -0.378. The maximum Gasteiger partial charge on any atom is 0.227 e. The zero-order chi connectivity index (χ0) is 17.7. The van der Waals surface area contributed by atoms with Gasteiger partial charge in [0.2, 0.25) is 11.8 Å². The van der Waals surface area contributed by atoms with E-state index in [1.54, 1.807) is 13.0 Å². The maximum atomic E-state index is 13.4. The lowest BCUT2D eigenvalue weighted by molar-refractivity contribution is -0.121. The number of halogens is 1. The van der Waals surface area contributed by atoms with Crippen molar-refractivity contribution in [1.29, 1.82) is 0 Å². The molecular weight excluding hydrogens is 313 g/mol. The highest BCUT2D eigenvalue weighted by Crippen LogP contribution is 2.25. The van der Waals surface area contributed by atoms with E-state index in [4.69, 9.17) is 9.26 Å². The molecule has 1 aromatic carbocycles. The highest BCUT2D eigenvalue weighted by atomic mass is 19.1. The number of nitrogens with one attached hydrogen (secondary N) is 1. The molecule has 0 spiro atoms. The van der Waals surface area contributed by atoms with Gasteiger partial charge in [0.15, 0.2) is 5.82 Å². The molecule has 0 aliphatic heterocycles. The summed E-state index contributed by atoms with van der Waals surface area (Å²) in [5.41, 5.74) is 0.589. The number of hydrogen-bond acceptors (Lipinski definition) is 5. The van der Waals surface area contributed by atoms with Gasteiger partial charge in [-0.15, -0.1) is 0 Å². The van der Waals surface area contributed by atoms with Gasteiger partial charge in [0.1, 0.15) is 11.6 Å². The van der Waals surface area contributed by atoms with Crippen LogP contribution in [0.25, 0.3) is 0 Å². The average Bonchev–Trinajstić information content (AvgIpc) is 3.02. The van der Waals surface area contributed by atoms with Gasteiger partial charge in [-0.25, -0.2) is 4.39 Å². The molecule has 1 heterocycles. The first kappa shape index (κ1) is 17.9. The van der Waals surface area contributed by atoms with Gasteiger partial charge in [-0.1, -0.05) is 19.0 Å². The summed E-state index contributed by atoms with van der Waals surface area (Å²) in [6.45, 7) is 5.71. The zero-order valence-electron chi connectivity index (χ0n) is 14.3. The summed E-state index contributed by atoms with van der Waals surface area (Å²) < 4.78 is 23.7. The fourth-order valence-corrected chi connectivity index (χ4v) is 2.26. The van der Waals surface area contributed by atoms with E-state index in [1.165, 1.54) is 19.2 Å². The van der Waals surface area contributed by atoms with E-state index in [1.807, 2.05) is 13.8 Å². The number of carbonyl (C=O) groups excluding carboxylic acids is 1. The first-order valence-electron chi connectivity index (χ1n) is 7.86. The second kappa shape index (κ2) is 7.90. The molecule has 1 amide bonds. The number of ether oxygens (including phenoxy) is 1. The third-order valence-electron chi connectivity index (χ3n) is 3.60. The molecule has 0 unspecified atom stereocenters. The Morgan fingerprint density at radius 2 is 2.12 bits per heavy atom. The number of rotatable bonds is 7. The topological polar surface area (TPSA) is 77.2 Å². The molecule has 0 saturated carbocycles. The third kappa shape index (κ3) is 4.53. The Labute approximate surface area is 140 Å². The molecule has 7 heteroatoms. The summed E-state index contributed by atoms with van der Waals surface area (Å²) in [5, 5.41) is 6.68. The van der Waals surface area contributed by atoms with E-state index in [-0.39, 0.29) is 30.1 Å². The number of nitrogens with zero attached hydrogens (tertiary/aromatic N) is 2. The number of methoxy groups -OCH3 is 1. The van der Waals surface area contributed by atoms with Crippen LogP contribution >= 0.6 is 0 Å². The van der Waals surface area contributed by atoms with Crippen LogP contribution in [0.3, 0.4) is 0 Å². The smallest absolute Gasteiger partial charge is 0.227 e. The number of aromatic nitrogens is 2. The van der Waals surface area contributed by atoms with Crippen LogP contribution in [0.4, 0.5) is 4.39 Å². The van der Waals surface area contributed by atoms with E-state index < -0.39 is 0 Å². The van der Waals surface area contributed by atoms with E-state index in [2.05, 4.69) is 15.5 Å². The van der Waals surface area contributed by atoms with Crippen molar-refractivity contribution in [2.24, 2.45) is 0 Å². The fourth-order valence-electron chi connectivity index (χ4n) is 2.26. The molecule has 130 valence electrons.